The van der Waals surface area contributed by atoms with E-state index in [-0.39, 0.29) is 5.82 Å². The smallest absolute Gasteiger partial charge is 0.475 e. The number of carboxylic acids is 2. The van der Waals surface area contributed by atoms with E-state index in [2.05, 4.69) is 23.6 Å². The summed E-state index contributed by atoms with van der Waals surface area (Å²) in [5.74, 6) is -5.67. The molecule has 0 bridgehead atoms. The first-order valence-corrected chi connectivity index (χ1v) is 11.7. The molecule has 0 radical (unpaired) electrons. The number of piperidine rings is 1. The Morgan fingerprint density at radius 2 is 1.45 bits per heavy atom. The van der Waals surface area contributed by atoms with Crippen LogP contribution in [0.4, 0.5) is 30.7 Å². The van der Waals surface area contributed by atoms with Crippen LogP contribution in [0.3, 0.4) is 0 Å². The van der Waals surface area contributed by atoms with E-state index in [1.165, 1.54) is 31.4 Å². The first-order valence-electron chi connectivity index (χ1n) is 11.7. The Bertz CT molecular complexity index is 860. The number of nitrogens with zero attached hydrogens (tertiary/aromatic N) is 2. The molecule has 0 amide bonds. The van der Waals surface area contributed by atoms with Crippen molar-refractivity contribution in [1.29, 1.82) is 0 Å². The molecule has 7 nitrogen and oxygen atoms in total. The van der Waals surface area contributed by atoms with Crippen molar-refractivity contribution < 1.29 is 55.3 Å². The van der Waals surface area contributed by atoms with Gasteiger partial charge in [0, 0.05) is 32.3 Å². The summed E-state index contributed by atoms with van der Waals surface area (Å²) >= 11 is 0. The fourth-order valence-electron chi connectivity index (χ4n) is 4.55. The normalized spacial score (nSPS) is 19.9. The molecule has 2 N–H and O–H groups in total. The molecule has 2 fully saturated rings. The molecule has 1 atom stereocenters. The number of hydrogen-bond donors (Lipinski definition) is 2. The maximum absolute atomic E-state index is 13.0. The third kappa shape index (κ3) is 11.1. The van der Waals surface area contributed by atoms with Gasteiger partial charge >= 0.3 is 24.3 Å². The van der Waals surface area contributed by atoms with E-state index in [0.29, 0.717) is 17.5 Å². The Morgan fingerprint density at radius 3 is 1.82 bits per heavy atom. The van der Waals surface area contributed by atoms with Gasteiger partial charge in [-0.15, -0.1) is 0 Å². The lowest BCUT2D eigenvalue weighted by atomic mass is 9.76. The van der Waals surface area contributed by atoms with Crippen molar-refractivity contribution in [3.05, 3.63) is 35.6 Å². The van der Waals surface area contributed by atoms with Crippen LogP contribution in [0.15, 0.2) is 24.3 Å². The summed E-state index contributed by atoms with van der Waals surface area (Å²) in [7, 11) is 1.81. The zero-order chi connectivity index (χ0) is 29.3. The topological polar surface area (TPSA) is 90.3 Å². The lowest BCUT2D eigenvalue weighted by Crippen LogP contribution is -2.42. The first-order chi connectivity index (χ1) is 17.4. The molecule has 14 heteroatoms. The summed E-state index contributed by atoms with van der Waals surface area (Å²) in [4.78, 5) is 22.9. The van der Waals surface area contributed by atoms with Gasteiger partial charge in [-0.05, 0) is 69.3 Å². The van der Waals surface area contributed by atoms with Gasteiger partial charge in [0.15, 0.2) is 0 Å². The zero-order valence-electron chi connectivity index (χ0n) is 21.3. The van der Waals surface area contributed by atoms with Crippen LogP contribution in [0.5, 0.6) is 0 Å². The monoisotopic (exact) mass is 562 g/mol. The predicted octanol–water partition coefficient (Wildman–Crippen LogP) is 4.80. The second-order valence-electron chi connectivity index (χ2n) is 9.59. The molecule has 0 saturated carbocycles. The van der Waals surface area contributed by atoms with E-state index >= 15 is 0 Å². The van der Waals surface area contributed by atoms with Gasteiger partial charge in [0.25, 0.3) is 0 Å². The largest absolute Gasteiger partial charge is 0.490 e. The van der Waals surface area contributed by atoms with Gasteiger partial charge in [-0.1, -0.05) is 12.1 Å². The lowest BCUT2D eigenvalue weighted by molar-refractivity contribution is -0.193. The van der Waals surface area contributed by atoms with Gasteiger partial charge in [-0.2, -0.15) is 26.3 Å². The second kappa shape index (κ2) is 14.1. The molecule has 2 heterocycles. The number of likely N-dealkylation sites (tertiary alicyclic amines) is 2. The van der Waals surface area contributed by atoms with Crippen molar-refractivity contribution in [2.24, 2.45) is 5.41 Å². The average Bonchev–Trinajstić information content (AvgIpc) is 3.15. The van der Waals surface area contributed by atoms with Gasteiger partial charge in [0.1, 0.15) is 5.82 Å². The van der Waals surface area contributed by atoms with Crippen molar-refractivity contribution in [2.45, 2.75) is 64.1 Å². The van der Waals surface area contributed by atoms with E-state index in [1.54, 1.807) is 12.1 Å². The molecule has 0 aromatic heterocycles. The number of alkyl halides is 6. The highest BCUT2D eigenvalue weighted by atomic mass is 19.4. The van der Waals surface area contributed by atoms with Crippen LogP contribution in [0, 0.1) is 11.2 Å². The molecular formula is C24H33F7N2O5. The summed E-state index contributed by atoms with van der Waals surface area (Å²) in [5, 5.41) is 14.2. The minimum absolute atomic E-state index is 0.153. The fraction of sp³-hybridized carbons (Fsp3) is 0.667. The average molecular weight is 563 g/mol. The van der Waals surface area contributed by atoms with Crippen LogP contribution in [0.1, 0.15) is 38.7 Å². The van der Waals surface area contributed by atoms with Crippen molar-refractivity contribution in [2.75, 3.05) is 33.4 Å². The van der Waals surface area contributed by atoms with Crippen molar-refractivity contribution >= 4 is 11.9 Å². The van der Waals surface area contributed by atoms with E-state index in [1.807, 2.05) is 19.2 Å². The van der Waals surface area contributed by atoms with Gasteiger partial charge in [0.2, 0.25) is 0 Å². The number of methoxy groups -OCH3 is 1. The molecular weight excluding hydrogens is 529 g/mol. The van der Waals surface area contributed by atoms with E-state index < -0.39 is 24.3 Å². The van der Waals surface area contributed by atoms with E-state index in [4.69, 9.17) is 24.5 Å². The van der Waals surface area contributed by atoms with Crippen LogP contribution >= 0.6 is 0 Å². The number of rotatable bonds is 5. The fourth-order valence-corrected chi connectivity index (χ4v) is 4.55. The Balaban J connectivity index is 0.000000426. The number of benzene rings is 1. The Labute approximate surface area is 216 Å². The van der Waals surface area contributed by atoms with Crippen LogP contribution < -0.4 is 0 Å². The Morgan fingerprint density at radius 1 is 1.00 bits per heavy atom. The van der Waals surface area contributed by atoms with Gasteiger partial charge < -0.3 is 14.9 Å². The predicted molar refractivity (Wildman–Crippen MR) is 123 cm³/mol. The summed E-state index contributed by atoms with van der Waals surface area (Å²) in [6.45, 7) is 9.87. The highest BCUT2D eigenvalue weighted by molar-refractivity contribution is 5.73. The Hall–Kier alpha value is -2.45. The molecule has 2 aliphatic heterocycles. The molecule has 1 aromatic carbocycles. The van der Waals surface area contributed by atoms with Crippen LogP contribution in [-0.2, 0) is 20.9 Å². The van der Waals surface area contributed by atoms with Crippen molar-refractivity contribution in [1.82, 2.24) is 9.80 Å². The van der Waals surface area contributed by atoms with Gasteiger partial charge in [-0.3, -0.25) is 9.80 Å². The number of ether oxygens (including phenoxy) is 1. The quantitative estimate of drug-likeness (QED) is 0.499. The maximum atomic E-state index is 13.0. The highest BCUT2D eigenvalue weighted by Crippen LogP contribution is 2.44. The summed E-state index contributed by atoms with van der Waals surface area (Å²) in [6.07, 6.45) is -6.38. The Kier molecular flexibility index (Phi) is 12.4. The lowest BCUT2D eigenvalue weighted by Gasteiger charge is -2.39. The third-order valence-corrected chi connectivity index (χ3v) is 6.40. The molecule has 3 rings (SSSR count). The summed E-state index contributed by atoms with van der Waals surface area (Å²) in [5.41, 5.74) is 1.67. The summed E-state index contributed by atoms with van der Waals surface area (Å²) in [6, 6.07) is 8.09. The molecule has 0 aliphatic carbocycles. The number of aliphatic carboxylic acids is 2. The molecule has 218 valence electrons. The van der Waals surface area contributed by atoms with Gasteiger partial charge in [0.05, 0.1) is 6.61 Å². The minimum atomic E-state index is -5.08. The van der Waals surface area contributed by atoms with Crippen LogP contribution in [0.2, 0.25) is 0 Å². The first kappa shape index (κ1) is 33.6. The molecule has 1 spiro atoms. The molecule has 1 aromatic rings. The van der Waals surface area contributed by atoms with Crippen LogP contribution in [-0.4, -0.2) is 89.7 Å². The van der Waals surface area contributed by atoms with Crippen molar-refractivity contribution in [3.8, 4) is 0 Å². The number of halogens is 7. The van der Waals surface area contributed by atoms with Crippen molar-refractivity contribution in [3.63, 3.8) is 0 Å². The highest BCUT2D eigenvalue weighted by Gasteiger charge is 2.46. The van der Waals surface area contributed by atoms with Crippen LogP contribution in [0.25, 0.3) is 0 Å². The van der Waals surface area contributed by atoms with E-state index in [9.17, 15) is 30.7 Å². The number of hydrogen-bond acceptors (Lipinski definition) is 5. The third-order valence-electron chi connectivity index (χ3n) is 6.40. The number of carboxylic acid groups (broad SMARTS) is 2. The molecule has 1 unspecified atom stereocenters. The second-order valence-corrected chi connectivity index (χ2v) is 9.59. The standard InChI is InChI=1S/C20H31FN2O.2C2HF3O2/c1-16(2)23-15-20(12-19(23)14-24-3)8-10-22(11-9-20)13-17-4-6-18(21)7-5-17;2*3-2(4,5)1(6)7/h4-7,16,19H,8-15H2,1-3H3;2*(H,6,7). The minimum Gasteiger partial charge on any atom is -0.475 e. The SMILES string of the molecule is COCC1CC2(CCN(Cc3ccc(F)cc3)CC2)CN1C(C)C.O=C(O)C(F)(F)F.O=C(O)C(F)(F)F. The van der Waals surface area contributed by atoms with Gasteiger partial charge in [-0.25, -0.2) is 14.0 Å². The molecule has 2 aliphatic rings. The molecule has 2 saturated heterocycles. The summed E-state index contributed by atoms with van der Waals surface area (Å²) < 4.78 is 82.0. The molecule has 38 heavy (non-hydrogen) atoms. The maximum Gasteiger partial charge on any atom is 0.490 e. The van der Waals surface area contributed by atoms with E-state index in [0.717, 1.165) is 26.2 Å². The number of carbonyl (C=O) groups is 2. The zero-order valence-corrected chi connectivity index (χ0v) is 21.3.